The number of sulfone groups is 1. The number of nitrogens with one attached hydrogen (secondary N) is 1. The standard InChI is InChI=1S/C10H14BrNO4S2/c1-17(13,14)8-18(15,16)12-10(7-11)9-5-3-2-4-6-9/h2-6,10,12H,7-8H2,1H3. The van der Waals surface area contributed by atoms with Crippen molar-refractivity contribution in [3.05, 3.63) is 35.9 Å². The molecule has 102 valence electrons. The molecular formula is C10H14BrNO4S2. The first-order valence-corrected chi connectivity index (χ1v) is 9.85. The van der Waals surface area contributed by atoms with Crippen molar-refractivity contribution in [3.63, 3.8) is 0 Å². The van der Waals surface area contributed by atoms with E-state index >= 15 is 0 Å². The van der Waals surface area contributed by atoms with Gasteiger partial charge in [-0.15, -0.1) is 0 Å². The highest BCUT2D eigenvalue weighted by atomic mass is 79.9. The van der Waals surface area contributed by atoms with Crippen molar-refractivity contribution in [3.8, 4) is 0 Å². The molecule has 0 aliphatic rings. The monoisotopic (exact) mass is 355 g/mol. The molecular weight excluding hydrogens is 342 g/mol. The number of halogens is 1. The van der Waals surface area contributed by atoms with Gasteiger partial charge in [0.15, 0.2) is 14.9 Å². The van der Waals surface area contributed by atoms with Gasteiger partial charge >= 0.3 is 0 Å². The Bertz CT molecular complexity index is 584. The van der Waals surface area contributed by atoms with Crippen molar-refractivity contribution in [2.24, 2.45) is 0 Å². The van der Waals surface area contributed by atoms with Gasteiger partial charge in [-0.1, -0.05) is 46.3 Å². The molecule has 0 aromatic heterocycles. The summed E-state index contributed by atoms with van der Waals surface area (Å²) in [7, 11) is -7.45. The molecule has 0 aliphatic heterocycles. The lowest BCUT2D eigenvalue weighted by Crippen LogP contribution is -2.33. The van der Waals surface area contributed by atoms with Gasteiger partial charge in [0, 0.05) is 11.6 Å². The summed E-state index contributed by atoms with van der Waals surface area (Å²) >= 11 is 3.21. The van der Waals surface area contributed by atoms with Crippen LogP contribution in [0.15, 0.2) is 30.3 Å². The Hall–Kier alpha value is -0.440. The van der Waals surface area contributed by atoms with Gasteiger partial charge in [-0.2, -0.15) is 0 Å². The van der Waals surface area contributed by atoms with Crippen LogP contribution >= 0.6 is 15.9 Å². The summed E-state index contributed by atoms with van der Waals surface area (Å²) in [5.41, 5.74) is 0.770. The molecule has 0 heterocycles. The second-order valence-electron chi connectivity index (χ2n) is 3.89. The number of hydrogen-bond donors (Lipinski definition) is 1. The zero-order chi connectivity index (χ0) is 13.8. The second kappa shape index (κ2) is 6.14. The van der Waals surface area contributed by atoms with Crippen molar-refractivity contribution in [2.45, 2.75) is 6.04 Å². The highest BCUT2D eigenvalue weighted by Gasteiger charge is 2.22. The number of sulfonamides is 1. The summed E-state index contributed by atoms with van der Waals surface area (Å²) < 4.78 is 47.8. The van der Waals surface area contributed by atoms with Gasteiger partial charge in [0.05, 0.1) is 6.04 Å². The molecule has 0 bridgehead atoms. The molecule has 5 nitrogen and oxygen atoms in total. The first-order valence-electron chi connectivity index (χ1n) is 5.02. The van der Waals surface area contributed by atoms with E-state index in [-0.39, 0.29) is 0 Å². The van der Waals surface area contributed by atoms with Gasteiger partial charge in [-0.3, -0.25) is 0 Å². The maximum absolute atomic E-state index is 11.7. The van der Waals surface area contributed by atoms with Crippen LogP contribution in [0.1, 0.15) is 11.6 Å². The molecule has 1 aromatic carbocycles. The summed E-state index contributed by atoms with van der Waals surface area (Å²) in [4.78, 5) is 0. The fourth-order valence-electron chi connectivity index (χ4n) is 1.41. The fourth-order valence-corrected chi connectivity index (χ4v) is 5.34. The molecule has 0 spiro atoms. The molecule has 0 saturated carbocycles. The summed E-state index contributed by atoms with van der Waals surface area (Å²) in [6.07, 6.45) is 0.887. The summed E-state index contributed by atoms with van der Waals surface area (Å²) in [5, 5.41) is -0.545. The van der Waals surface area contributed by atoms with E-state index in [4.69, 9.17) is 0 Å². The van der Waals surface area contributed by atoms with Crippen molar-refractivity contribution in [1.82, 2.24) is 4.72 Å². The van der Waals surface area contributed by atoms with Crippen LogP contribution in [0.3, 0.4) is 0 Å². The van der Waals surface area contributed by atoms with Crippen LogP contribution in [0.2, 0.25) is 0 Å². The maximum Gasteiger partial charge on any atom is 0.226 e. The smallest absolute Gasteiger partial charge is 0.226 e. The van der Waals surface area contributed by atoms with Crippen LogP contribution in [0.4, 0.5) is 0 Å². The predicted octanol–water partition coefficient (Wildman–Crippen LogP) is 1.04. The van der Waals surface area contributed by atoms with Crippen molar-refractivity contribution in [1.29, 1.82) is 0 Å². The highest BCUT2D eigenvalue weighted by molar-refractivity contribution is 9.09. The molecule has 0 amide bonds. The summed E-state index contributed by atoms with van der Waals surface area (Å²) in [5.74, 6) is 0. The molecule has 8 heteroatoms. The molecule has 1 aromatic rings. The zero-order valence-electron chi connectivity index (χ0n) is 9.71. The minimum atomic E-state index is -3.87. The number of hydrogen-bond acceptors (Lipinski definition) is 4. The lowest BCUT2D eigenvalue weighted by molar-refractivity contribution is 0.570. The minimum absolute atomic E-state index is 0.361. The predicted molar refractivity (Wildman–Crippen MR) is 74.7 cm³/mol. The molecule has 18 heavy (non-hydrogen) atoms. The Morgan fingerprint density at radius 3 is 2.17 bits per heavy atom. The van der Waals surface area contributed by atoms with Crippen LogP contribution in [0.25, 0.3) is 0 Å². The van der Waals surface area contributed by atoms with E-state index in [1.54, 1.807) is 24.3 Å². The lowest BCUT2D eigenvalue weighted by Gasteiger charge is -2.16. The van der Waals surface area contributed by atoms with E-state index in [1.165, 1.54) is 0 Å². The fraction of sp³-hybridized carbons (Fsp3) is 0.400. The van der Waals surface area contributed by atoms with E-state index in [0.29, 0.717) is 5.33 Å². The second-order valence-corrected chi connectivity index (χ2v) is 8.80. The summed E-state index contributed by atoms with van der Waals surface area (Å²) in [6.45, 7) is 0. The van der Waals surface area contributed by atoms with Crippen molar-refractivity contribution in [2.75, 3.05) is 16.7 Å². The Balaban J connectivity index is 2.88. The molecule has 0 fully saturated rings. The van der Waals surface area contributed by atoms with Gasteiger partial charge in [0.1, 0.15) is 0 Å². The lowest BCUT2D eigenvalue weighted by atomic mass is 10.1. The molecule has 1 atom stereocenters. The van der Waals surface area contributed by atoms with E-state index in [0.717, 1.165) is 11.8 Å². The van der Waals surface area contributed by atoms with Gasteiger partial charge in [0.25, 0.3) is 0 Å². The zero-order valence-corrected chi connectivity index (χ0v) is 12.9. The average Bonchev–Trinajstić information content (AvgIpc) is 2.24. The van der Waals surface area contributed by atoms with E-state index in [1.807, 2.05) is 6.07 Å². The number of benzene rings is 1. The molecule has 0 radical (unpaired) electrons. The van der Waals surface area contributed by atoms with Crippen LogP contribution in [-0.2, 0) is 19.9 Å². The Labute approximate surface area is 116 Å². The van der Waals surface area contributed by atoms with Crippen LogP contribution in [0, 0.1) is 0 Å². The molecule has 1 rings (SSSR count). The molecule has 1 unspecified atom stereocenters. The van der Waals surface area contributed by atoms with Crippen LogP contribution in [0.5, 0.6) is 0 Å². The SMILES string of the molecule is CS(=O)(=O)CS(=O)(=O)NC(CBr)c1ccccc1. The van der Waals surface area contributed by atoms with Crippen LogP contribution < -0.4 is 4.72 Å². The average molecular weight is 356 g/mol. The normalized spacial score (nSPS) is 14.3. The first-order chi connectivity index (χ1) is 8.23. The molecule has 0 aliphatic carbocycles. The van der Waals surface area contributed by atoms with Crippen molar-refractivity contribution < 1.29 is 16.8 Å². The van der Waals surface area contributed by atoms with Gasteiger partial charge in [-0.05, 0) is 5.56 Å². The Morgan fingerprint density at radius 2 is 1.72 bits per heavy atom. The molecule has 0 saturated heterocycles. The van der Waals surface area contributed by atoms with E-state index in [2.05, 4.69) is 20.7 Å². The van der Waals surface area contributed by atoms with E-state index < -0.39 is 31.0 Å². The van der Waals surface area contributed by atoms with Gasteiger partial charge < -0.3 is 0 Å². The third kappa shape index (κ3) is 5.47. The number of rotatable bonds is 6. The van der Waals surface area contributed by atoms with Gasteiger partial charge in [0.2, 0.25) is 10.0 Å². The third-order valence-corrected chi connectivity index (χ3v) is 6.29. The minimum Gasteiger partial charge on any atom is -0.228 e. The van der Waals surface area contributed by atoms with E-state index in [9.17, 15) is 16.8 Å². The number of alkyl halides is 1. The van der Waals surface area contributed by atoms with Gasteiger partial charge in [-0.25, -0.2) is 21.6 Å². The Morgan fingerprint density at radius 1 is 1.17 bits per heavy atom. The Kier molecular flexibility index (Phi) is 5.32. The molecule has 1 N–H and O–H groups in total. The topological polar surface area (TPSA) is 80.3 Å². The van der Waals surface area contributed by atoms with Crippen molar-refractivity contribution >= 4 is 35.8 Å². The third-order valence-electron chi connectivity index (χ3n) is 2.05. The van der Waals surface area contributed by atoms with Crippen LogP contribution in [-0.4, -0.2) is 33.5 Å². The largest absolute Gasteiger partial charge is 0.228 e. The maximum atomic E-state index is 11.7. The first kappa shape index (κ1) is 15.6. The summed E-state index contributed by atoms with van der Waals surface area (Å²) in [6, 6.07) is 8.45. The highest BCUT2D eigenvalue weighted by Crippen LogP contribution is 2.16. The quantitative estimate of drug-likeness (QED) is 0.773.